The van der Waals surface area contributed by atoms with Crippen LogP contribution in [0.2, 0.25) is 10.0 Å². The van der Waals surface area contributed by atoms with Gasteiger partial charge in [0.1, 0.15) is 12.2 Å². The number of ether oxygens (including phenoxy) is 1. The molecule has 0 aliphatic carbocycles. The lowest BCUT2D eigenvalue weighted by Crippen LogP contribution is -2.16. The number of hydrogen-bond acceptors (Lipinski definition) is 4. The summed E-state index contributed by atoms with van der Waals surface area (Å²) in [6.45, 7) is 0.0513. The Morgan fingerprint density at radius 1 is 1.13 bits per heavy atom. The smallest absolute Gasteiger partial charge is 0.307 e. The standard InChI is InChI=1S/C23H14Cl2N2O3/c1-2-9-29-22-18(24)10-14(11-19(22)25)13-26-27-23(28)21-12-17-16-6-4-3-5-15(16)7-8-20(17)30-21/h1,3-8,10-13H,9H2,(H,27,28)/b26-13+. The Balaban J connectivity index is 1.51. The van der Waals surface area contributed by atoms with Crippen molar-refractivity contribution < 1.29 is 13.9 Å². The second-order valence-corrected chi connectivity index (χ2v) is 7.13. The molecule has 0 unspecified atom stereocenters. The largest absolute Gasteiger partial charge is 0.478 e. The molecule has 0 saturated heterocycles. The van der Waals surface area contributed by atoms with E-state index in [9.17, 15) is 4.79 Å². The number of furan rings is 1. The number of terminal acetylenes is 1. The van der Waals surface area contributed by atoms with Crippen molar-refractivity contribution in [2.45, 2.75) is 0 Å². The van der Waals surface area contributed by atoms with Crippen molar-refractivity contribution >= 4 is 57.1 Å². The highest BCUT2D eigenvalue weighted by molar-refractivity contribution is 6.37. The number of fused-ring (bicyclic) bond motifs is 3. The minimum atomic E-state index is -0.474. The van der Waals surface area contributed by atoms with Gasteiger partial charge in [0.05, 0.1) is 16.3 Å². The number of halogens is 2. The molecule has 0 aliphatic heterocycles. The molecule has 0 bridgehead atoms. The molecule has 4 aromatic rings. The van der Waals surface area contributed by atoms with Crippen molar-refractivity contribution in [3.63, 3.8) is 0 Å². The predicted octanol–water partition coefficient (Wildman–Crippen LogP) is 5.67. The van der Waals surface area contributed by atoms with Crippen LogP contribution in [0.5, 0.6) is 5.75 Å². The Kier molecular flexibility index (Phi) is 5.62. The van der Waals surface area contributed by atoms with Crippen LogP contribution in [-0.2, 0) is 0 Å². The number of rotatable bonds is 5. The second-order valence-electron chi connectivity index (χ2n) is 6.31. The fourth-order valence-corrected chi connectivity index (χ4v) is 3.64. The molecule has 5 nitrogen and oxygen atoms in total. The average Bonchev–Trinajstić information content (AvgIpc) is 3.18. The SMILES string of the molecule is C#CCOc1c(Cl)cc(/C=N/NC(=O)c2cc3c(ccc4ccccc43)o2)cc1Cl. The molecule has 4 rings (SSSR count). The summed E-state index contributed by atoms with van der Waals surface area (Å²) in [7, 11) is 0. The van der Waals surface area contributed by atoms with Crippen LogP contribution in [-0.4, -0.2) is 18.7 Å². The van der Waals surface area contributed by atoms with Gasteiger partial charge in [-0.1, -0.05) is 59.5 Å². The molecule has 1 amide bonds. The molecule has 0 spiro atoms. The van der Waals surface area contributed by atoms with Crippen LogP contribution in [0.1, 0.15) is 16.1 Å². The van der Waals surface area contributed by atoms with Crippen LogP contribution in [0.25, 0.3) is 21.7 Å². The van der Waals surface area contributed by atoms with Gasteiger partial charge < -0.3 is 9.15 Å². The molecule has 1 aromatic heterocycles. The third-order valence-electron chi connectivity index (χ3n) is 4.35. The molecule has 0 radical (unpaired) electrons. The Bertz CT molecular complexity index is 1310. The van der Waals surface area contributed by atoms with E-state index in [1.54, 1.807) is 18.2 Å². The highest BCUT2D eigenvalue weighted by atomic mass is 35.5. The maximum atomic E-state index is 12.4. The van der Waals surface area contributed by atoms with Gasteiger partial charge in [-0.05, 0) is 40.6 Å². The van der Waals surface area contributed by atoms with Gasteiger partial charge in [-0.3, -0.25) is 4.79 Å². The Morgan fingerprint density at radius 2 is 1.90 bits per heavy atom. The summed E-state index contributed by atoms with van der Waals surface area (Å²) >= 11 is 12.3. The molecule has 3 aromatic carbocycles. The topological polar surface area (TPSA) is 63.8 Å². The molecule has 7 heteroatoms. The molecule has 30 heavy (non-hydrogen) atoms. The molecular weight excluding hydrogens is 423 g/mol. The molecular formula is C23H14Cl2N2O3. The van der Waals surface area contributed by atoms with Crippen molar-refractivity contribution in [1.82, 2.24) is 5.43 Å². The van der Waals surface area contributed by atoms with E-state index in [0.717, 1.165) is 16.2 Å². The Labute approximate surface area is 182 Å². The minimum absolute atomic E-state index is 0.0513. The fraction of sp³-hybridized carbons (Fsp3) is 0.0435. The number of hydrazone groups is 1. The second kappa shape index (κ2) is 8.50. The summed E-state index contributed by atoms with van der Waals surface area (Å²) in [5.74, 6) is 2.33. The van der Waals surface area contributed by atoms with Crippen molar-refractivity contribution in [3.8, 4) is 18.1 Å². The molecule has 1 heterocycles. The third kappa shape index (κ3) is 3.97. The zero-order valence-corrected chi connectivity index (χ0v) is 17.0. The van der Waals surface area contributed by atoms with Gasteiger partial charge in [-0.15, -0.1) is 6.42 Å². The average molecular weight is 437 g/mol. The van der Waals surface area contributed by atoms with Gasteiger partial charge in [0.25, 0.3) is 0 Å². The first-order valence-corrected chi connectivity index (χ1v) is 9.62. The van der Waals surface area contributed by atoms with E-state index in [0.29, 0.717) is 16.9 Å². The lowest BCUT2D eigenvalue weighted by Gasteiger charge is -2.08. The zero-order chi connectivity index (χ0) is 21.1. The van der Waals surface area contributed by atoms with Gasteiger partial charge >= 0.3 is 5.91 Å². The highest BCUT2D eigenvalue weighted by Crippen LogP contribution is 2.33. The van der Waals surface area contributed by atoms with E-state index in [-0.39, 0.29) is 22.4 Å². The number of benzene rings is 3. The molecule has 0 atom stereocenters. The summed E-state index contributed by atoms with van der Waals surface area (Å²) in [6.07, 6.45) is 6.59. The van der Waals surface area contributed by atoms with Gasteiger partial charge in [0.2, 0.25) is 0 Å². The first kappa shape index (κ1) is 19.8. The molecule has 0 aliphatic rings. The summed E-state index contributed by atoms with van der Waals surface area (Å²) in [4.78, 5) is 12.4. The lowest BCUT2D eigenvalue weighted by molar-refractivity contribution is 0.0929. The number of carbonyl (C=O) groups is 1. The van der Waals surface area contributed by atoms with Crippen molar-refractivity contribution in [3.05, 3.63) is 76.0 Å². The third-order valence-corrected chi connectivity index (χ3v) is 4.91. The quantitative estimate of drug-likeness (QED) is 0.249. The lowest BCUT2D eigenvalue weighted by atomic mass is 10.1. The van der Waals surface area contributed by atoms with E-state index in [2.05, 4.69) is 16.4 Å². The van der Waals surface area contributed by atoms with Crippen LogP contribution in [0.15, 0.2) is 64.1 Å². The van der Waals surface area contributed by atoms with E-state index in [1.807, 2.05) is 36.4 Å². The maximum Gasteiger partial charge on any atom is 0.307 e. The molecule has 0 fully saturated rings. The monoisotopic (exact) mass is 436 g/mol. The van der Waals surface area contributed by atoms with E-state index in [4.69, 9.17) is 38.8 Å². The number of nitrogens with zero attached hydrogens (tertiary/aromatic N) is 1. The minimum Gasteiger partial charge on any atom is -0.478 e. The predicted molar refractivity (Wildman–Crippen MR) is 120 cm³/mol. The highest BCUT2D eigenvalue weighted by Gasteiger charge is 2.13. The van der Waals surface area contributed by atoms with E-state index in [1.165, 1.54) is 6.21 Å². The zero-order valence-electron chi connectivity index (χ0n) is 15.5. The van der Waals surface area contributed by atoms with Gasteiger partial charge in [-0.25, -0.2) is 5.43 Å². The fourth-order valence-electron chi connectivity index (χ4n) is 3.03. The van der Waals surface area contributed by atoms with E-state index >= 15 is 0 Å². The van der Waals surface area contributed by atoms with Gasteiger partial charge in [-0.2, -0.15) is 5.10 Å². The van der Waals surface area contributed by atoms with Crippen LogP contribution in [0.4, 0.5) is 0 Å². The van der Waals surface area contributed by atoms with E-state index < -0.39 is 5.91 Å². The normalized spacial score (nSPS) is 11.1. The van der Waals surface area contributed by atoms with Gasteiger partial charge in [0.15, 0.2) is 11.5 Å². The summed E-state index contributed by atoms with van der Waals surface area (Å²) < 4.78 is 11.0. The number of nitrogens with one attached hydrogen (secondary N) is 1. The van der Waals surface area contributed by atoms with Crippen LogP contribution < -0.4 is 10.2 Å². The Hall–Kier alpha value is -3.46. The Morgan fingerprint density at radius 3 is 2.67 bits per heavy atom. The van der Waals surface area contributed by atoms with Crippen LogP contribution >= 0.6 is 23.2 Å². The molecule has 148 valence electrons. The summed E-state index contributed by atoms with van der Waals surface area (Å²) in [5, 5.41) is 7.47. The first-order valence-electron chi connectivity index (χ1n) is 8.87. The van der Waals surface area contributed by atoms with Crippen LogP contribution in [0.3, 0.4) is 0 Å². The summed E-state index contributed by atoms with van der Waals surface area (Å²) in [5.41, 5.74) is 3.64. The summed E-state index contributed by atoms with van der Waals surface area (Å²) in [6, 6.07) is 16.6. The van der Waals surface area contributed by atoms with Crippen LogP contribution in [0, 0.1) is 12.3 Å². The number of amides is 1. The maximum absolute atomic E-state index is 12.4. The number of carbonyl (C=O) groups excluding carboxylic acids is 1. The van der Waals surface area contributed by atoms with Gasteiger partial charge in [0, 0.05) is 5.39 Å². The first-order chi connectivity index (χ1) is 14.6. The van der Waals surface area contributed by atoms with Crippen molar-refractivity contribution in [2.75, 3.05) is 6.61 Å². The van der Waals surface area contributed by atoms with Crippen molar-refractivity contribution in [2.24, 2.45) is 5.10 Å². The van der Waals surface area contributed by atoms with Crippen molar-refractivity contribution in [1.29, 1.82) is 0 Å². The molecule has 0 saturated carbocycles. The molecule has 1 N–H and O–H groups in total. The number of hydrogen-bond donors (Lipinski definition) is 1.